The first kappa shape index (κ1) is 20.1. The number of amidine groups is 1. The Labute approximate surface area is 180 Å². The fraction of sp³-hybridized carbons (Fsp3) is 0.160. The summed E-state index contributed by atoms with van der Waals surface area (Å²) in [5, 5.41) is 8.36. The van der Waals surface area contributed by atoms with Gasteiger partial charge in [-0.25, -0.2) is 0 Å². The summed E-state index contributed by atoms with van der Waals surface area (Å²) in [5.74, 6) is 0.261. The second kappa shape index (κ2) is 9.09. The van der Waals surface area contributed by atoms with Crippen molar-refractivity contribution in [2.45, 2.75) is 24.7 Å². The molecule has 0 bridgehead atoms. The maximum atomic E-state index is 13.0. The number of hydrogen-bond acceptors (Lipinski definition) is 3. The topological polar surface area (TPSA) is 53.5 Å². The van der Waals surface area contributed by atoms with Crippen molar-refractivity contribution in [1.29, 1.82) is 0 Å². The largest absolute Gasteiger partial charge is 0.348 e. The fourth-order valence-corrected chi connectivity index (χ4v) is 4.99. The minimum atomic E-state index is -0.434. The Hall–Kier alpha value is -3.18. The third-order valence-corrected chi connectivity index (χ3v) is 6.73. The number of nitrogens with one attached hydrogen (secondary N) is 2. The van der Waals surface area contributed by atoms with Crippen molar-refractivity contribution in [2.24, 2.45) is 4.40 Å². The fourth-order valence-electron chi connectivity index (χ4n) is 3.56. The molecule has 0 aliphatic carbocycles. The molecule has 0 radical (unpaired) electrons. The average Bonchev–Trinajstić information content (AvgIpc) is 2.79. The zero-order chi connectivity index (χ0) is 20.9. The lowest BCUT2D eigenvalue weighted by Crippen LogP contribution is -2.38. The molecule has 0 fully saturated rings. The van der Waals surface area contributed by atoms with Gasteiger partial charge in [0.15, 0.2) is 0 Å². The van der Waals surface area contributed by atoms with Crippen molar-refractivity contribution in [2.75, 3.05) is 11.9 Å². The zero-order valence-corrected chi connectivity index (χ0v) is 17.9. The molecule has 2 N–H and O–H groups in total. The molecule has 5 heteroatoms. The van der Waals surface area contributed by atoms with Crippen LogP contribution in [0.1, 0.15) is 29.5 Å². The summed E-state index contributed by atoms with van der Waals surface area (Å²) in [4.78, 5) is 14.1. The van der Waals surface area contributed by atoms with Crippen LogP contribution in [-0.2, 0) is 4.79 Å². The first-order chi connectivity index (χ1) is 14.7. The predicted octanol–water partition coefficient (Wildman–Crippen LogP) is 5.13. The Balaban J connectivity index is 1.54. The van der Waals surface area contributed by atoms with E-state index < -0.39 is 10.7 Å². The van der Waals surface area contributed by atoms with E-state index in [9.17, 15) is 4.79 Å². The van der Waals surface area contributed by atoms with Crippen LogP contribution >= 0.6 is 10.7 Å². The monoisotopic (exact) mass is 415 g/mol. The number of anilines is 1. The van der Waals surface area contributed by atoms with Crippen molar-refractivity contribution in [3.63, 3.8) is 0 Å². The number of fused-ring (bicyclic) bond motifs is 1. The molecule has 1 unspecified atom stereocenters. The van der Waals surface area contributed by atoms with E-state index in [0.717, 1.165) is 10.6 Å². The average molecular weight is 416 g/mol. The van der Waals surface area contributed by atoms with E-state index in [1.165, 1.54) is 16.7 Å². The number of nitrogens with zero attached hydrogens (tertiary/aromatic N) is 1. The normalized spacial score (nSPS) is 15.3. The Bertz CT molecular complexity index is 1070. The van der Waals surface area contributed by atoms with Gasteiger partial charge in [-0.1, -0.05) is 66.7 Å². The lowest BCUT2D eigenvalue weighted by atomic mass is 9.91. The molecule has 0 spiro atoms. The molecule has 1 aliphatic rings. The van der Waals surface area contributed by atoms with E-state index in [1.807, 2.05) is 60.8 Å². The number of carbonyl (C=O) groups is 1. The van der Waals surface area contributed by atoms with Crippen molar-refractivity contribution < 1.29 is 4.79 Å². The van der Waals surface area contributed by atoms with Crippen molar-refractivity contribution in [3.8, 4) is 0 Å². The van der Waals surface area contributed by atoms with Crippen LogP contribution < -0.4 is 10.6 Å². The van der Waals surface area contributed by atoms with E-state index in [0.29, 0.717) is 12.4 Å². The first-order valence-electron chi connectivity index (χ1n) is 10.0. The number of hydrogen-bond donors (Lipinski definition) is 2. The van der Waals surface area contributed by atoms with Gasteiger partial charge >= 0.3 is 0 Å². The number of aryl methyl sites for hydroxylation is 1. The highest BCUT2D eigenvalue weighted by atomic mass is 32.2. The number of amides is 1. The SMILES string of the molecule is C/C=S1/N=C(C(=O)NCC(c2ccccc2)c2ccccc2)Nc2ccc(C)cc21. The van der Waals surface area contributed by atoms with Gasteiger partial charge in [0.05, 0.1) is 5.69 Å². The van der Waals surface area contributed by atoms with Gasteiger partial charge in [-0.2, -0.15) is 4.40 Å². The number of carbonyl (C=O) groups excluding carboxylic acids is 1. The highest BCUT2D eigenvalue weighted by molar-refractivity contribution is 8.14. The van der Waals surface area contributed by atoms with Crippen LogP contribution in [0.15, 0.2) is 88.2 Å². The van der Waals surface area contributed by atoms with Crippen LogP contribution in [0, 0.1) is 6.92 Å². The van der Waals surface area contributed by atoms with Gasteiger partial charge in [-0.3, -0.25) is 4.79 Å². The lowest BCUT2D eigenvalue weighted by Gasteiger charge is -2.22. The summed E-state index contributed by atoms with van der Waals surface area (Å²) in [6, 6.07) is 26.7. The molecule has 3 aromatic rings. The zero-order valence-electron chi connectivity index (χ0n) is 17.1. The van der Waals surface area contributed by atoms with Crippen LogP contribution in [0.3, 0.4) is 0 Å². The molecule has 1 heterocycles. The molecule has 152 valence electrons. The predicted molar refractivity (Wildman–Crippen MR) is 128 cm³/mol. The minimum absolute atomic E-state index is 0.0754. The van der Waals surface area contributed by atoms with Crippen LogP contribution in [-0.4, -0.2) is 23.7 Å². The summed E-state index contributed by atoms with van der Waals surface area (Å²) < 4.78 is 4.67. The van der Waals surface area contributed by atoms with Gasteiger partial charge in [0, 0.05) is 17.4 Å². The number of benzene rings is 3. The maximum absolute atomic E-state index is 13.0. The molecule has 30 heavy (non-hydrogen) atoms. The Kier molecular flexibility index (Phi) is 6.10. The smallest absolute Gasteiger partial charge is 0.287 e. The molecule has 0 saturated heterocycles. The molecule has 4 nitrogen and oxygen atoms in total. The van der Waals surface area contributed by atoms with Gasteiger partial charge in [-0.15, -0.1) is 0 Å². The van der Waals surface area contributed by atoms with E-state index >= 15 is 0 Å². The van der Waals surface area contributed by atoms with Crippen LogP contribution in [0.5, 0.6) is 0 Å². The van der Waals surface area contributed by atoms with Gasteiger partial charge < -0.3 is 10.6 Å². The van der Waals surface area contributed by atoms with Gasteiger partial charge in [0.25, 0.3) is 5.91 Å². The van der Waals surface area contributed by atoms with Crippen molar-refractivity contribution >= 4 is 33.5 Å². The van der Waals surface area contributed by atoms with Crippen LogP contribution in [0.2, 0.25) is 0 Å². The lowest BCUT2D eigenvalue weighted by molar-refractivity contribution is -0.114. The number of rotatable bonds is 5. The second-order valence-corrected chi connectivity index (χ2v) is 8.92. The minimum Gasteiger partial charge on any atom is -0.348 e. The third kappa shape index (κ3) is 4.36. The van der Waals surface area contributed by atoms with Crippen LogP contribution in [0.4, 0.5) is 5.69 Å². The van der Waals surface area contributed by atoms with E-state index in [-0.39, 0.29) is 11.8 Å². The molecule has 3 aromatic carbocycles. The molecule has 0 saturated carbocycles. The molecule has 0 aromatic heterocycles. The third-order valence-electron chi connectivity index (χ3n) is 5.11. The summed E-state index contributed by atoms with van der Waals surface area (Å²) in [6.07, 6.45) is 0. The molecular formula is C25H25N3OS. The van der Waals surface area contributed by atoms with Crippen LogP contribution in [0.25, 0.3) is 0 Å². The van der Waals surface area contributed by atoms with E-state index in [1.54, 1.807) is 0 Å². The molecule has 1 atom stereocenters. The standard InChI is InChI=1S/C25H25N3OS/c1-3-30-23-16-18(2)14-15-22(23)27-24(28-30)25(29)26-17-21(19-10-6-4-7-11-19)20-12-8-5-9-13-20/h3-16,21H,17H2,1-2H3,(H,26,29)(H,27,28). The Morgan fingerprint density at radius 1 is 1.03 bits per heavy atom. The van der Waals surface area contributed by atoms with Crippen molar-refractivity contribution in [1.82, 2.24) is 5.32 Å². The highest BCUT2D eigenvalue weighted by Gasteiger charge is 2.22. The molecule has 4 rings (SSSR count). The quantitative estimate of drug-likeness (QED) is 0.568. The van der Waals surface area contributed by atoms with E-state index in [2.05, 4.69) is 52.3 Å². The maximum Gasteiger partial charge on any atom is 0.287 e. The molecule has 1 aliphatic heterocycles. The van der Waals surface area contributed by atoms with Gasteiger partial charge in [-0.05, 0) is 58.7 Å². The van der Waals surface area contributed by atoms with Gasteiger partial charge in [0.2, 0.25) is 5.84 Å². The Morgan fingerprint density at radius 3 is 2.27 bits per heavy atom. The van der Waals surface area contributed by atoms with Gasteiger partial charge in [0.1, 0.15) is 0 Å². The summed E-state index contributed by atoms with van der Waals surface area (Å²) in [5.41, 5.74) is 4.48. The highest BCUT2D eigenvalue weighted by Crippen LogP contribution is 2.38. The first-order valence-corrected chi connectivity index (χ1v) is 11.3. The molecule has 1 amide bonds. The summed E-state index contributed by atoms with van der Waals surface area (Å²) in [6.45, 7) is 4.55. The van der Waals surface area contributed by atoms with E-state index in [4.69, 9.17) is 0 Å². The summed E-state index contributed by atoms with van der Waals surface area (Å²) in [7, 11) is -0.434. The molecular weight excluding hydrogens is 390 g/mol. The second-order valence-electron chi connectivity index (χ2n) is 7.20. The Morgan fingerprint density at radius 2 is 1.67 bits per heavy atom. The van der Waals surface area contributed by atoms with Crippen molar-refractivity contribution in [3.05, 3.63) is 95.6 Å². The summed E-state index contributed by atoms with van der Waals surface area (Å²) >= 11 is 0.